The van der Waals surface area contributed by atoms with E-state index in [1.54, 1.807) is 20.8 Å². The smallest absolute Gasteiger partial charge is 0.146 e. The van der Waals surface area contributed by atoms with E-state index in [-0.39, 0.29) is 0 Å². The van der Waals surface area contributed by atoms with Crippen LogP contribution in [0.2, 0.25) is 0 Å². The maximum atomic E-state index is 11.2. The van der Waals surface area contributed by atoms with Gasteiger partial charge in [0, 0.05) is 5.60 Å². The molecular weight excluding hydrogens is 182 g/mol. The van der Waals surface area contributed by atoms with E-state index < -0.39 is 17.7 Å². The van der Waals surface area contributed by atoms with Gasteiger partial charge < -0.3 is 14.6 Å². The summed E-state index contributed by atoms with van der Waals surface area (Å²) in [6.07, 6.45) is 1.41. The van der Waals surface area contributed by atoms with Gasteiger partial charge in [-0.3, -0.25) is 4.99 Å². The fourth-order valence-electron chi connectivity index (χ4n) is 0.882. The van der Waals surface area contributed by atoms with Crippen LogP contribution >= 0.6 is 0 Å². The fraction of sp³-hybridized carbons (Fsp3) is 0.800. The molecule has 0 unspecified atom stereocenters. The Bertz CT molecular complexity index is 206. The summed E-state index contributed by atoms with van der Waals surface area (Å²) in [5.41, 5.74) is -0.555. The second kappa shape index (κ2) is 5.62. The van der Waals surface area contributed by atoms with E-state index in [0.717, 1.165) is 6.42 Å². The highest BCUT2D eigenvalue weighted by atomic mass is 16.6. The molecule has 0 N–H and O–H groups in total. The number of rotatable bonds is 4. The number of aliphatic imine (C=N–C) groups is 1. The van der Waals surface area contributed by atoms with Crippen molar-refractivity contribution < 1.29 is 14.6 Å². The third-order valence-electron chi connectivity index (χ3n) is 1.41. The molecule has 0 aliphatic carbocycles. The van der Waals surface area contributed by atoms with Crippen molar-refractivity contribution in [2.45, 2.75) is 52.2 Å². The molecule has 0 radical (unpaired) electrons. The Morgan fingerprint density at radius 2 is 2.14 bits per heavy atom. The molecule has 0 aromatic rings. The van der Waals surface area contributed by atoms with Crippen molar-refractivity contribution in [3.05, 3.63) is 0 Å². The summed E-state index contributed by atoms with van der Waals surface area (Å²) in [5.74, 6) is 0. The van der Waals surface area contributed by atoms with E-state index in [9.17, 15) is 9.90 Å². The normalized spacial score (nSPS) is 15.0. The van der Waals surface area contributed by atoms with Crippen molar-refractivity contribution in [3.8, 4) is 0 Å². The summed E-state index contributed by atoms with van der Waals surface area (Å²) >= 11 is 0. The second-order valence-electron chi connectivity index (χ2n) is 4.10. The van der Waals surface area contributed by atoms with E-state index in [0.29, 0.717) is 12.7 Å². The van der Waals surface area contributed by atoms with Crippen LogP contribution in [0.15, 0.2) is 4.99 Å². The van der Waals surface area contributed by atoms with Crippen LogP contribution in [0.3, 0.4) is 0 Å². The average molecular weight is 200 g/mol. The van der Waals surface area contributed by atoms with Gasteiger partial charge in [-0.2, -0.15) is 0 Å². The molecule has 4 nitrogen and oxygen atoms in total. The summed E-state index contributed by atoms with van der Waals surface area (Å²) in [5, 5.41) is 11.2. The maximum Gasteiger partial charge on any atom is 0.146 e. The lowest BCUT2D eigenvalue weighted by Crippen LogP contribution is -2.33. The SMILES string of the molecule is CCC[C@@H](C=O)N=C([O-])OC(C)(C)C. The number of nitrogens with zero attached hydrogens (tertiary/aromatic N) is 1. The monoisotopic (exact) mass is 200 g/mol. The van der Waals surface area contributed by atoms with Crippen molar-refractivity contribution >= 4 is 12.4 Å². The Kier molecular flexibility index (Phi) is 5.20. The van der Waals surface area contributed by atoms with E-state index in [1.165, 1.54) is 0 Å². The van der Waals surface area contributed by atoms with E-state index in [1.807, 2.05) is 6.92 Å². The van der Waals surface area contributed by atoms with Crippen molar-refractivity contribution in [1.82, 2.24) is 0 Å². The van der Waals surface area contributed by atoms with E-state index in [4.69, 9.17) is 4.74 Å². The first-order valence-electron chi connectivity index (χ1n) is 4.78. The first kappa shape index (κ1) is 12.9. The largest absolute Gasteiger partial charge is 0.595 e. The highest BCUT2D eigenvalue weighted by Gasteiger charge is 2.07. The van der Waals surface area contributed by atoms with Gasteiger partial charge in [-0.25, -0.2) is 0 Å². The average Bonchev–Trinajstić information content (AvgIpc) is 2.00. The highest BCUT2D eigenvalue weighted by molar-refractivity contribution is 5.67. The number of hydrogen-bond donors (Lipinski definition) is 0. The van der Waals surface area contributed by atoms with Crippen molar-refractivity contribution in [2.75, 3.05) is 0 Å². The van der Waals surface area contributed by atoms with Gasteiger partial charge in [-0.15, -0.1) is 0 Å². The minimum atomic E-state index is -0.664. The van der Waals surface area contributed by atoms with Crippen LogP contribution in [0, 0.1) is 0 Å². The van der Waals surface area contributed by atoms with Crippen LogP contribution < -0.4 is 5.11 Å². The molecule has 0 saturated carbocycles. The lowest BCUT2D eigenvalue weighted by atomic mass is 10.2. The molecule has 0 fully saturated rings. The predicted molar refractivity (Wildman–Crippen MR) is 53.0 cm³/mol. The van der Waals surface area contributed by atoms with Crippen molar-refractivity contribution in [3.63, 3.8) is 0 Å². The molecule has 0 aliphatic rings. The minimum Gasteiger partial charge on any atom is -0.595 e. The zero-order valence-corrected chi connectivity index (χ0v) is 9.24. The summed E-state index contributed by atoms with van der Waals surface area (Å²) in [6.45, 7) is 7.21. The maximum absolute atomic E-state index is 11.2. The molecule has 82 valence electrons. The van der Waals surface area contributed by atoms with Gasteiger partial charge in [0.1, 0.15) is 18.4 Å². The van der Waals surface area contributed by atoms with Crippen molar-refractivity contribution in [1.29, 1.82) is 0 Å². The van der Waals surface area contributed by atoms with Gasteiger partial charge in [-0.1, -0.05) is 34.1 Å². The van der Waals surface area contributed by atoms with Gasteiger partial charge in [0.15, 0.2) is 0 Å². The Morgan fingerprint density at radius 3 is 2.50 bits per heavy atom. The summed E-state index contributed by atoms with van der Waals surface area (Å²) in [4.78, 5) is 14.1. The van der Waals surface area contributed by atoms with Gasteiger partial charge in [0.25, 0.3) is 0 Å². The minimum absolute atomic E-state index is 0.555. The Morgan fingerprint density at radius 1 is 1.57 bits per heavy atom. The van der Waals surface area contributed by atoms with Crippen LogP contribution in [-0.2, 0) is 9.53 Å². The number of hydrogen-bond acceptors (Lipinski definition) is 4. The quantitative estimate of drug-likeness (QED) is 0.384. The van der Waals surface area contributed by atoms with Gasteiger partial charge in [0.05, 0.1) is 0 Å². The molecule has 0 saturated heterocycles. The molecule has 0 amide bonds. The van der Waals surface area contributed by atoms with Crippen LogP contribution in [0.4, 0.5) is 0 Å². The predicted octanol–water partition coefficient (Wildman–Crippen LogP) is 0.885. The third kappa shape index (κ3) is 6.46. The van der Waals surface area contributed by atoms with E-state index >= 15 is 0 Å². The Balaban J connectivity index is 4.25. The molecular formula is C10H18NO3-. The lowest BCUT2D eigenvalue weighted by Gasteiger charge is -2.29. The van der Waals surface area contributed by atoms with Gasteiger partial charge in [0.2, 0.25) is 0 Å². The molecule has 0 bridgehead atoms. The number of carbonyl (C=O) groups is 1. The van der Waals surface area contributed by atoms with Gasteiger partial charge >= 0.3 is 0 Å². The molecule has 0 heterocycles. The Hall–Kier alpha value is -1.06. The molecule has 0 aromatic heterocycles. The molecule has 1 atom stereocenters. The first-order valence-corrected chi connectivity index (χ1v) is 4.78. The molecule has 14 heavy (non-hydrogen) atoms. The topological polar surface area (TPSA) is 61.7 Å². The van der Waals surface area contributed by atoms with Crippen LogP contribution in [0.5, 0.6) is 0 Å². The zero-order valence-electron chi connectivity index (χ0n) is 9.24. The first-order chi connectivity index (χ1) is 6.39. The van der Waals surface area contributed by atoms with Crippen LogP contribution in [0.1, 0.15) is 40.5 Å². The summed E-state index contributed by atoms with van der Waals surface area (Å²) < 4.78 is 4.95. The zero-order chi connectivity index (χ0) is 11.2. The highest BCUT2D eigenvalue weighted by Crippen LogP contribution is 2.07. The number of carbonyl (C=O) groups excluding carboxylic acids is 1. The molecule has 0 spiro atoms. The van der Waals surface area contributed by atoms with Crippen molar-refractivity contribution in [2.24, 2.45) is 4.99 Å². The summed E-state index contributed by atoms with van der Waals surface area (Å²) in [6, 6.07) is -0.560. The van der Waals surface area contributed by atoms with E-state index in [2.05, 4.69) is 4.99 Å². The van der Waals surface area contributed by atoms with Crippen LogP contribution in [0.25, 0.3) is 0 Å². The standard InChI is InChI=1S/C10H19NO3/c1-5-6-8(7-12)11-9(13)14-10(2,3)4/h7-8H,5-6H2,1-4H3,(H,11,13)/p-1/t8-/m0/s1. The van der Waals surface area contributed by atoms with Crippen LogP contribution in [-0.4, -0.2) is 24.0 Å². The number of ether oxygens (including phenoxy) is 1. The lowest BCUT2D eigenvalue weighted by molar-refractivity contribution is -0.260. The Labute approximate surface area is 85.0 Å². The molecule has 0 aliphatic heterocycles. The molecule has 0 rings (SSSR count). The number of aldehydes is 1. The second-order valence-corrected chi connectivity index (χ2v) is 4.10. The molecule has 0 aromatic carbocycles. The third-order valence-corrected chi connectivity index (χ3v) is 1.41. The summed E-state index contributed by atoms with van der Waals surface area (Å²) in [7, 11) is 0. The van der Waals surface area contributed by atoms with Gasteiger partial charge in [-0.05, 0) is 6.42 Å². The fourth-order valence-corrected chi connectivity index (χ4v) is 0.882. The molecule has 4 heteroatoms.